The van der Waals surface area contributed by atoms with Crippen molar-refractivity contribution in [1.82, 2.24) is 0 Å². The van der Waals surface area contributed by atoms with Gasteiger partial charge in [-0.1, -0.05) is 12.1 Å². The van der Waals surface area contributed by atoms with Gasteiger partial charge in [-0.25, -0.2) is 4.79 Å². The van der Waals surface area contributed by atoms with Gasteiger partial charge in [0.15, 0.2) is 5.43 Å². The highest BCUT2D eigenvalue weighted by Crippen LogP contribution is 2.41. The lowest BCUT2D eigenvalue weighted by atomic mass is 9.91. The van der Waals surface area contributed by atoms with Crippen LogP contribution in [0.2, 0.25) is 0 Å². The molecule has 1 aromatic heterocycles. The molecule has 0 spiro atoms. The molecule has 0 radical (unpaired) electrons. The molecule has 4 aromatic carbocycles. The largest absolute Gasteiger partial charge is 0.478 e. The van der Waals surface area contributed by atoms with Crippen LogP contribution in [-0.2, 0) is 0 Å². The van der Waals surface area contributed by atoms with E-state index in [-0.39, 0.29) is 11.0 Å². The summed E-state index contributed by atoms with van der Waals surface area (Å²) in [4.78, 5) is 37.5. The number of carboxylic acids is 1. The van der Waals surface area contributed by atoms with Crippen LogP contribution in [-0.4, -0.2) is 31.5 Å². The standard InChI is InChI=1S/C27H19NO5/c1-28(2)17-5-9-21-24(13-17)33-26-19-10-6-18(30)12-16(19)4-8-22(26)25(21)23-11-15(14-29)3-7-20(23)27(31)32/h3-14H,1-2H3,(H,31,32). The van der Waals surface area contributed by atoms with E-state index in [4.69, 9.17) is 4.42 Å². The quantitative estimate of drug-likeness (QED) is 0.232. The van der Waals surface area contributed by atoms with Crippen molar-refractivity contribution in [3.8, 4) is 11.1 Å². The Kier molecular flexibility index (Phi) is 4.71. The average molecular weight is 437 g/mol. The number of aldehydes is 1. The molecule has 0 bridgehead atoms. The molecule has 1 N–H and O–H groups in total. The molecule has 1 heterocycles. The molecule has 0 saturated heterocycles. The van der Waals surface area contributed by atoms with Crippen molar-refractivity contribution in [2.45, 2.75) is 0 Å². The van der Waals surface area contributed by atoms with Gasteiger partial charge >= 0.3 is 5.97 Å². The van der Waals surface area contributed by atoms with Crippen molar-refractivity contribution in [2.75, 3.05) is 19.0 Å². The molecule has 5 rings (SSSR count). The lowest BCUT2D eigenvalue weighted by Crippen LogP contribution is -2.08. The fourth-order valence-electron chi connectivity index (χ4n) is 4.24. The molecule has 0 aliphatic rings. The van der Waals surface area contributed by atoms with Gasteiger partial charge in [0.05, 0.1) is 5.56 Å². The van der Waals surface area contributed by atoms with Crippen molar-refractivity contribution < 1.29 is 19.1 Å². The lowest BCUT2D eigenvalue weighted by molar-refractivity contribution is 0.0697. The minimum Gasteiger partial charge on any atom is -0.478 e. The fraction of sp³-hybridized carbons (Fsp3) is 0.0741. The summed E-state index contributed by atoms with van der Waals surface area (Å²) in [5, 5.41) is 12.8. The first kappa shape index (κ1) is 20.5. The highest BCUT2D eigenvalue weighted by atomic mass is 16.4. The molecule has 0 aliphatic carbocycles. The van der Waals surface area contributed by atoms with Gasteiger partial charge in [-0.15, -0.1) is 0 Å². The van der Waals surface area contributed by atoms with Crippen molar-refractivity contribution in [1.29, 1.82) is 0 Å². The van der Waals surface area contributed by atoms with E-state index >= 15 is 0 Å². The van der Waals surface area contributed by atoms with E-state index in [2.05, 4.69) is 0 Å². The number of carboxylic acid groups (broad SMARTS) is 1. The maximum absolute atomic E-state index is 12.1. The van der Waals surface area contributed by atoms with E-state index in [0.29, 0.717) is 39.5 Å². The Labute approximate surface area is 188 Å². The summed E-state index contributed by atoms with van der Waals surface area (Å²) in [5.74, 6) is -1.09. The van der Waals surface area contributed by atoms with Crippen LogP contribution in [0.25, 0.3) is 43.8 Å². The van der Waals surface area contributed by atoms with E-state index in [0.717, 1.165) is 21.8 Å². The molecular formula is C27H19NO5. The number of aromatic carboxylic acids is 1. The van der Waals surface area contributed by atoms with Crippen molar-refractivity contribution in [3.05, 3.63) is 88.1 Å². The minimum absolute atomic E-state index is 0.0843. The summed E-state index contributed by atoms with van der Waals surface area (Å²) >= 11 is 0. The number of carbonyl (C=O) groups is 2. The van der Waals surface area contributed by atoms with Gasteiger partial charge in [-0.3, -0.25) is 9.59 Å². The molecule has 0 atom stereocenters. The molecule has 162 valence electrons. The van der Waals surface area contributed by atoms with E-state index in [9.17, 15) is 19.5 Å². The minimum atomic E-state index is -1.09. The number of anilines is 1. The van der Waals surface area contributed by atoms with Crippen LogP contribution in [0, 0.1) is 0 Å². The first-order valence-corrected chi connectivity index (χ1v) is 10.3. The molecule has 33 heavy (non-hydrogen) atoms. The normalized spacial score (nSPS) is 11.2. The molecule has 0 saturated carbocycles. The molecule has 0 amide bonds. The summed E-state index contributed by atoms with van der Waals surface area (Å²) in [5.41, 5.74) is 3.46. The average Bonchev–Trinajstić information content (AvgIpc) is 2.81. The maximum atomic E-state index is 12.1. The second-order valence-electron chi connectivity index (χ2n) is 8.11. The van der Waals surface area contributed by atoms with Crippen molar-refractivity contribution in [2.24, 2.45) is 0 Å². The third-order valence-electron chi connectivity index (χ3n) is 5.85. The highest BCUT2D eigenvalue weighted by molar-refractivity contribution is 6.17. The number of hydrogen-bond donors (Lipinski definition) is 1. The van der Waals surface area contributed by atoms with Crippen LogP contribution in [0.15, 0.2) is 75.9 Å². The SMILES string of the molecule is CN(C)c1ccc2c(-c3cc(C=O)ccc3C(=O)O)c3ccc4cc(=O)ccc4c3oc2c1. The van der Waals surface area contributed by atoms with E-state index in [1.807, 2.05) is 49.3 Å². The predicted molar refractivity (Wildman–Crippen MR) is 130 cm³/mol. The third-order valence-corrected chi connectivity index (χ3v) is 5.85. The van der Waals surface area contributed by atoms with Crippen LogP contribution < -0.4 is 10.3 Å². The van der Waals surface area contributed by atoms with Gasteiger partial charge in [-0.2, -0.15) is 0 Å². The number of nitrogens with zero attached hydrogens (tertiary/aromatic N) is 1. The Balaban J connectivity index is 2.02. The summed E-state index contributed by atoms with van der Waals surface area (Å²) in [6.45, 7) is 0. The lowest BCUT2D eigenvalue weighted by Gasteiger charge is -2.17. The monoisotopic (exact) mass is 437 g/mol. The Morgan fingerprint density at radius 3 is 2.39 bits per heavy atom. The number of rotatable bonds is 4. The molecule has 6 nitrogen and oxygen atoms in total. The predicted octanol–water partition coefficient (Wildman–Crippen LogP) is 5.34. The van der Waals surface area contributed by atoms with Gasteiger partial charge in [0.2, 0.25) is 0 Å². The number of carbonyl (C=O) groups excluding carboxylic acids is 1. The first-order valence-electron chi connectivity index (χ1n) is 10.3. The fourth-order valence-corrected chi connectivity index (χ4v) is 4.24. The molecule has 6 heteroatoms. The molecule has 0 fully saturated rings. The topological polar surface area (TPSA) is 87.8 Å². The van der Waals surface area contributed by atoms with Crippen LogP contribution in [0.3, 0.4) is 0 Å². The molecular weight excluding hydrogens is 418 g/mol. The second kappa shape index (κ2) is 7.60. The smallest absolute Gasteiger partial charge is 0.336 e. The Bertz CT molecular complexity index is 1660. The van der Waals surface area contributed by atoms with Crippen molar-refractivity contribution >= 4 is 50.7 Å². The van der Waals surface area contributed by atoms with E-state index in [1.165, 1.54) is 18.2 Å². The summed E-state index contributed by atoms with van der Waals surface area (Å²) < 4.78 is 6.36. The van der Waals surface area contributed by atoms with Gasteiger partial charge in [-0.05, 0) is 59.5 Å². The summed E-state index contributed by atoms with van der Waals surface area (Å²) in [7, 11) is 3.84. The number of fused-ring (bicyclic) bond motifs is 4. The van der Waals surface area contributed by atoms with Crippen LogP contribution in [0.5, 0.6) is 0 Å². The maximum Gasteiger partial charge on any atom is 0.336 e. The highest BCUT2D eigenvalue weighted by Gasteiger charge is 2.20. The van der Waals surface area contributed by atoms with Gasteiger partial charge in [0, 0.05) is 53.1 Å². The molecule has 5 aromatic rings. The Morgan fingerprint density at radius 2 is 1.67 bits per heavy atom. The second-order valence-corrected chi connectivity index (χ2v) is 8.11. The zero-order valence-electron chi connectivity index (χ0n) is 18.0. The molecule has 0 unspecified atom stereocenters. The zero-order chi connectivity index (χ0) is 23.3. The number of benzene rings is 4. The van der Waals surface area contributed by atoms with Gasteiger partial charge in [0.25, 0.3) is 0 Å². The summed E-state index contributed by atoms with van der Waals surface area (Å²) in [6, 6.07) is 18.6. The van der Waals surface area contributed by atoms with Crippen LogP contribution >= 0.6 is 0 Å². The number of hydrogen-bond acceptors (Lipinski definition) is 5. The van der Waals surface area contributed by atoms with E-state index in [1.54, 1.807) is 18.2 Å². The van der Waals surface area contributed by atoms with Gasteiger partial charge < -0.3 is 14.4 Å². The summed E-state index contributed by atoms with van der Waals surface area (Å²) in [6.07, 6.45) is 0.697. The Morgan fingerprint density at radius 1 is 0.909 bits per heavy atom. The van der Waals surface area contributed by atoms with Crippen LogP contribution in [0.1, 0.15) is 20.7 Å². The third kappa shape index (κ3) is 3.32. The van der Waals surface area contributed by atoms with E-state index < -0.39 is 5.97 Å². The molecule has 0 aliphatic heterocycles. The van der Waals surface area contributed by atoms with Crippen LogP contribution in [0.4, 0.5) is 5.69 Å². The zero-order valence-corrected chi connectivity index (χ0v) is 18.0. The van der Waals surface area contributed by atoms with Gasteiger partial charge in [0.1, 0.15) is 17.5 Å². The first-order chi connectivity index (χ1) is 15.9. The van der Waals surface area contributed by atoms with Crippen molar-refractivity contribution in [3.63, 3.8) is 0 Å². The Hall–Kier alpha value is -4.45.